The van der Waals surface area contributed by atoms with Crippen molar-refractivity contribution in [2.24, 2.45) is 0 Å². The number of amides is 2. The Kier molecular flexibility index (Phi) is 9.18. The summed E-state index contributed by atoms with van der Waals surface area (Å²) in [5.74, 6) is -0.431. The van der Waals surface area contributed by atoms with Gasteiger partial charge in [-0.1, -0.05) is 19.4 Å². The Hall–Kier alpha value is -3.55. The van der Waals surface area contributed by atoms with Crippen LogP contribution in [0.5, 0.6) is 11.5 Å². The molecule has 2 rings (SSSR count). The fourth-order valence-corrected chi connectivity index (χ4v) is 2.35. The van der Waals surface area contributed by atoms with Crippen LogP contribution in [0.25, 0.3) is 0 Å². The monoisotopic (exact) mass is 414 g/mol. The van der Waals surface area contributed by atoms with Crippen LogP contribution in [0.4, 0.5) is 0 Å². The molecule has 0 aromatic heterocycles. The highest BCUT2D eigenvalue weighted by Gasteiger charge is 2.10. The van der Waals surface area contributed by atoms with Gasteiger partial charge in [0, 0.05) is 5.56 Å². The molecule has 0 atom stereocenters. The van der Waals surface area contributed by atoms with Crippen molar-refractivity contribution in [3.63, 3.8) is 0 Å². The molecule has 160 valence electrons. The molecule has 0 fully saturated rings. The molecule has 8 heteroatoms. The van der Waals surface area contributed by atoms with Crippen molar-refractivity contribution >= 4 is 17.8 Å². The Balaban J connectivity index is 1.77. The second kappa shape index (κ2) is 12.1. The molecule has 0 aliphatic rings. The van der Waals surface area contributed by atoms with Gasteiger partial charge in [-0.25, -0.2) is 4.79 Å². The van der Waals surface area contributed by atoms with Crippen LogP contribution in [0.15, 0.2) is 48.5 Å². The van der Waals surface area contributed by atoms with Gasteiger partial charge in [-0.3, -0.25) is 20.4 Å². The van der Waals surface area contributed by atoms with Crippen molar-refractivity contribution in [3.8, 4) is 11.5 Å². The Morgan fingerprint density at radius 1 is 0.867 bits per heavy atom. The summed E-state index contributed by atoms with van der Waals surface area (Å²) in [5.41, 5.74) is 5.37. The van der Waals surface area contributed by atoms with Crippen LogP contribution >= 0.6 is 0 Å². The number of carbonyl (C=O) groups is 3. The number of rotatable bonds is 10. The maximum atomic E-state index is 12.2. The normalized spacial score (nSPS) is 10.1. The Bertz CT molecular complexity index is 851. The molecular formula is C22H26N2O6. The fourth-order valence-electron chi connectivity index (χ4n) is 2.35. The van der Waals surface area contributed by atoms with E-state index in [-0.39, 0.29) is 6.61 Å². The van der Waals surface area contributed by atoms with Crippen LogP contribution < -0.4 is 20.3 Å². The second-order valence-electron chi connectivity index (χ2n) is 6.27. The highest BCUT2D eigenvalue weighted by atomic mass is 16.5. The zero-order chi connectivity index (χ0) is 21.8. The lowest BCUT2D eigenvalue weighted by molar-refractivity contribution is -0.123. The fraction of sp³-hybridized carbons (Fsp3) is 0.318. The summed E-state index contributed by atoms with van der Waals surface area (Å²) in [6.45, 7) is 4.36. The van der Waals surface area contributed by atoms with Crippen LogP contribution in [-0.4, -0.2) is 37.6 Å². The lowest BCUT2D eigenvalue weighted by Crippen LogP contribution is -2.43. The minimum absolute atomic E-state index is 0.291. The van der Waals surface area contributed by atoms with Gasteiger partial charge in [-0.2, -0.15) is 0 Å². The van der Waals surface area contributed by atoms with Gasteiger partial charge >= 0.3 is 5.97 Å². The first-order valence-corrected chi connectivity index (χ1v) is 9.75. The first-order chi connectivity index (χ1) is 14.5. The molecule has 2 N–H and O–H groups in total. The molecule has 0 spiro atoms. The molecule has 30 heavy (non-hydrogen) atoms. The molecule has 0 aliphatic carbocycles. The summed E-state index contributed by atoms with van der Waals surface area (Å²) >= 11 is 0. The topological polar surface area (TPSA) is 103 Å². The number of carbonyl (C=O) groups excluding carboxylic acids is 3. The second-order valence-corrected chi connectivity index (χ2v) is 6.27. The van der Waals surface area contributed by atoms with Gasteiger partial charge in [-0.15, -0.1) is 0 Å². The van der Waals surface area contributed by atoms with Crippen LogP contribution in [0.2, 0.25) is 0 Å². The molecule has 0 heterocycles. The van der Waals surface area contributed by atoms with Crippen LogP contribution in [0.3, 0.4) is 0 Å². The van der Waals surface area contributed by atoms with E-state index < -0.39 is 17.8 Å². The van der Waals surface area contributed by atoms with Crippen molar-refractivity contribution in [1.29, 1.82) is 0 Å². The zero-order valence-electron chi connectivity index (χ0n) is 17.1. The molecule has 0 saturated carbocycles. The van der Waals surface area contributed by atoms with E-state index >= 15 is 0 Å². The number of hydrogen-bond donors (Lipinski definition) is 2. The smallest absolute Gasteiger partial charge is 0.338 e. The summed E-state index contributed by atoms with van der Waals surface area (Å²) in [5, 5.41) is 0. The van der Waals surface area contributed by atoms with E-state index in [0.29, 0.717) is 35.8 Å². The highest BCUT2D eigenvalue weighted by molar-refractivity contribution is 5.95. The number of hydrazine groups is 1. The van der Waals surface area contributed by atoms with Crippen molar-refractivity contribution in [2.45, 2.75) is 26.7 Å². The van der Waals surface area contributed by atoms with Crippen molar-refractivity contribution in [3.05, 3.63) is 59.7 Å². The first-order valence-electron chi connectivity index (χ1n) is 9.75. The summed E-state index contributed by atoms with van der Waals surface area (Å²) in [6, 6.07) is 12.9. The summed E-state index contributed by atoms with van der Waals surface area (Å²) in [6.07, 6.45) is 1.95. The number of hydrogen-bond acceptors (Lipinski definition) is 6. The molecule has 2 aromatic rings. The van der Waals surface area contributed by atoms with Gasteiger partial charge < -0.3 is 14.2 Å². The largest absolute Gasteiger partial charge is 0.494 e. The van der Waals surface area contributed by atoms with E-state index in [0.717, 1.165) is 12.8 Å². The summed E-state index contributed by atoms with van der Waals surface area (Å²) in [7, 11) is 0. The molecular weight excluding hydrogens is 388 g/mol. The molecule has 0 aliphatic heterocycles. The molecule has 0 bridgehead atoms. The summed E-state index contributed by atoms with van der Waals surface area (Å²) < 4.78 is 15.8. The maximum Gasteiger partial charge on any atom is 0.338 e. The van der Waals surface area contributed by atoms with E-state index in [1.54, 1.807) is 55.5 Å². The molecule has 0 radical (unpaired) electrons. The van der Waals surface area contributed by atoms with Gasteiger partial charge in [0.2, 0.25) is 0 Å². The van der Waals surface area contributed by atoms with Crippen LogP contribution in [0, 0.1) is 0 Å². The van der Waals surface area contributed by atoms with Gasteiger partial charge in [0.15, 0.2) is 6.61 Å². The minimum atomic E-state index is -0.534. The van der Waals surface area contributed by atoms with E-state index in [1.165, 1.54) is 0 Å². The van der Waals surface area contributed by atoms with E-state index in [9.17, 15) is 14.4 Å². The van der Waals surface area contributed by atoms with Gasteiger partial charge in [0.05, 0.1) is 18.8 Å². The van der Waals surface area contributed by atoms with E-state index in [1.807, 2.05) is 0 Å². The number of ether oxygens (including phenoxy) is 3. The number of unbranched alkanes of at least 4 members (excludes halogenated alkanes) is 1. The third-order valence-electron chi connectivity index (χ3n) is 3.91. The number of nitrogens with one attached hydrogen (secondary N) is 2. The van der Waals surface area contributed by atoms with Crippen molar-refractivity contribution < 1.29 is 28.6 Å². The van der Waals surface area contributed by atoms with Gasteiger partial charge in [-0.05, 0) is 55.8 Å². The third-order valence-corrected chi connectivity index (χ3v) is 3.91. The average Bonchev–Trinajstić information content (AvgIpc) is 2.77. The number of benzene rings is 2. The Labute approximate surface area is 175 Å². The van der Waals surface area contributed by atoms with Crippen molar-refractivity contribution in [1.82, 2.24) is 10.9 Å². The number of esters is 1. The maximum absolute atomic E-state index is 12.2. The molecule has 0 saturated heterocycles. The van der Waals surface area contributed by atoms with E-state index in [2.05, 4.69) is 17.8 Å². The lowest BCUT2D eigenvalue weighted by atomic mass is 10.2. The third kappa shape index (κ3) is 7.46. The van der Waals surface area contributed by atoms with Crippen LogP contribution in [0.1, 0.15) is 47.4 Å². The predicted octanol–water partition coefficient (Wildman–Crippen LogP) is 2.88. The lowest BCUT2D eigenvalue weighted by Gasteiger charge is -2.10. The highest BCUT2D eigenvalue weighted by Crippen LogP contribution is 2.14. The van der Waals surface area contributed by atoms with Crippen molar-refractivity contribution in [2.75, 3.05) is 19.8 Å². The Morgan fingerprint density at radius 3 is 2.33 bits per heavy atom. The Morgan fingerprint density at radius 2 is 1.63 bits per heavy atom. The summed E-state index contributed by atoms with van der Waals surface area (Å²) in [4.78, 5) is 35.7. The van der Waals surface area contributed by atoms with Crippen LogP contribution in [-0.2, 0) is 9.53 Å². The molecule has 0 unspecified atom stereocenters. The minimum Gasteiger partial charge on any atom is -0.494 e. The standard InChI is InChI=1S/C22H26N2O6/c1-3-5-13-29-19-8-6-7-17(14-19)21(26)24-23-20(25)15-30-18-11-9-16(10-12-18)22(27)28-4-2/h6-12,14H,3-5,13,15H2,1-2H3,(H,23,25)(H,24,26). The molecule has 8 nitrogen and oxygen atoms in total. The molecule has 2 amide bonds. The SMILES string of the molecule is CCCCOc1cccc(C(=O)NNC(=O)COc2ccc(C(=O)OCC)cc2)c1. The molecule has 2 aromatic carbocycles. The van der Waals surface area contributed by atoms with Gasteiger partial charge in [0.1, 0.15) is 11.5 Å². The van der Waals surface area contributed by atoms with Gasteiger partial charge in [0.25, 0.3) is 11.8 Å². The first kappa shape index (κ1) is 22.7. The quantitative estimate of drug-likeness (QED) is 0.352. The zero-order valence-corrected chi connectivity index (χ0v) is 17.1. The van der Waals surface area contributed by atoms with E-state index in [4.69, 9.17) is 14.2 Å². The predicted molar refractivity (Wildman–Crippen MR) is 110 cm³/mol. The average molecular weight is 414 g/mol.